The number of nitrogens with two attached hydrogens (primary N) is 2. The van der Waals surface area contributed by atoms with E-state index in [1.54, 1.807) is 6.07 Å². The van der Waals surface area contributed by atoms with Crippen LogP contribution < -0.4 is 22.1 Å². The van der Waals surface area contributed by atoms with Crippen LogP contribution in [0.5, 0.6) is 0 Å². The van der Waals surface area contributed by atoms with Gasteiger partial charge in [-0.3, -0.25) is 4.79 Å². The van der Waals surface area contributed by atoms with E-state index in [9.17, 15) is 9.59 Å². The van der Waals surface area contributed by atoms with Gasteiger partial charge in [0.05, 0.1) is 0 Å². The summed E-state index contributed by atoms with van der Waals surface area (Å²) in [6, 6.07) is 2.58. The predicted octanol–water partition coefficient (Wildman–Crippen LogP) is -0.376. The van der Waals surface area contributed by atoms with Crippen LogP contribution in [0.25, 0.3) is 0 Å². The normalized spacial score (nSPS) is 9.83. The van der Waals surface area contributed by atoms with Crippen LogP contribution in [0, 0.1) is 0 Å². The van der Waals surface area contributed by atoms with Crippen molar-refractivity contribution in [2.24, 2.45) is 5.73 Å². The van der Waals surface area contributed by atoms with Gasteiger partial charge in [-0.15, -0.1) is 0 Å². The Morgan fingerprint density at radius 1 is 1.28 bits per heavy atom. The van der Waals surface area contributed by atoms with Gasteiger partial charge in [-0.2, -0.15) is 0 Å². The van der Waals surface area contributed by atoms with E-state index in [4.69, 9.17) is 11.5 Å². The number of rotatable bonds is 5. The summed E-state index contributed by atoms with van der Waals surface area (Å²) in [7, 11) is 0. The molecule has 3 amide bonds. The second-order valence-corrected chi connectivity index (χ2v) is 3.67. The Bertz CT molecular complexity index is 447. The topological polar surface area (TPSA) is 123 Å². The third-order valence-electron chi connectivity index (χ3n) is 2.23. The summed E-state index contributed by atoms with van der Waals surface area (Å²) in [6.45, 7) is 2.51. The number of amides is 3. The van der Waals surface area contributed by atoms with Gasteiger partial charge >= 0.3 is 6.03 Å². The van der Waals surface area contributed by atoms with E-state index < -0.39 is 6.03 Å². The molecular weight excluding hydrogens is 234 g/mol. The molecule has 0 aliphatic rings. The fourth-order valence-corrected chi connectivity index (χ4v) is 1.39. The molecule has 7 heteroatoms. The molecule has 0 unspecified atom stereocenters. The number of carbonyl (C=O) groups is 2. The van der Waals surface area contributed by atoms with E-state index in [0.717, 1.165) is 5.69 Å². The second-order valence-electron chi connectivity index (χ2n) is 3.67. The Morgan fingerprint density at radius 3 is 2.56 bits per heavy atom. The quantitative estimate of drug-likeness (QED) is 0.533. The number of carbonyl (C=O) groups excluding carboxylic acids is 2. The van der Waals surface area contributed by atoms with Crippen LogP contribution in [-0.2, 0) is 6.42 Å². The van der Waals surface area contributed by atoms with Gasteiger partial charge in [-0.05, 0) is 18.6 Å². The minimum atomic E-state index is -0.620. The third kappa shape index (κ3) is 4.28. The smallest absolute Gasteiger partial charge is 0.312 e. The molecule has 0 spiro atoms. The van der Waals surface area contributed by atoms with Crippen LogP contribution >= 0.6 is 0 Å². The molecule has 18 heavy (non-hydrogen) atoms. The van der Waals surface area contributed by atoms with Gasteiger partial charge in [0, 0.05) is 24.3 Å². The monoisotopic (exact) mass is 251 g/mol. The van der Waals surface area contributed by atoms with Crippen molar-refractivity contribution in [1.82, 2.24) is 15.6 Å². The molecule has 6 N–H and O–H groups in total. The van der Waals surface area contributed by atoms with E-state index in [2.05, 4.69) is 15.6 Å². The first kappa shape index (κ1) is 13.8. The molecule has 98 valence electrons. The van der Waals surface area contributed by atoms with Gasteiger partial charge in [0.15, 0.2) is 0 Å². The number of nitrogens with zero attached hydrogens (tertiary/aromatic N) is 1. The first-order chi connectivity index (χ1) is 8.52. The van der Waals surface area contributed by atoms with Crippen molar-refractivity contribution in [1.29, 1.82) is 0 Å². The number of aromatic nitrogens is 1. The number of anilines is 1. The zero-order chi connectivity index (χ0) is 13.5. The Kier molecular flexibility index (Phi) is 4.91. The van der Waals surface area contributed by atoms with Crippen LogP contribution in [0.2, 0.25) is 0 Å². The fraction of sp³-hybridized carbons (Fsp3) is 0.364. The summed E-state index contributed by atoms with van der Waals surface area (Å²) in [4.78, 5) is 26.3. The Labute approximate surface area is 105 Å². The summed E-state index contributed by atoms with van der Waals surface area (Å²) in [5, 5.41) is 5.01. The minimum absolute atomic E-state index is 0.259. The van der Waals surface area contributed by atoms with E-state index >= 15 is 0 Å². The number of hydrogen-bond acceptors (Lipinski definition) is 4. The molecule has 0 aliphatic carbocycles. The van der Waals surface area contributed by atoms with Gasteiger partial charge in [0.1, 0.15) is 5.82 Å². The highest BCUT2D eigenvalue weighted by atomic mass is 16.2. The second kappa shape index (κ2) is 6.43. The minimum Gasteiger partial charge on any atom is -0.384 e. The first-order valence-electron chi connectivity index (χ1n) is 5.61. The van der Waals surface area contributed by atoms with Crippen molar-refractivity contribution in [2.45, 2.75) is 13.3 Å². The van der Waals surface area contributed by atoms with Gasteiger partial charge in [0.25, 0.3) is 5.91 Å². The van der Waals surface area contributed by atoms with E-state index in [-0.39, 0.29) is 12.5 Å². The molecule has 1 aromatic heterocycles. The lowest BCUT2D eigenvalue weighted by Gasteiger charge is -2.07. The van der Waals surface area contributed by atoms with Crippen molar-refractivity contribution >= 4 is 17.8 Å². The molecular formula is C11H17N5O2. The molecule has 0 aliphatic heterocycles. The number of pyridine rings is 1. The molecule has 0 bridgehead atoms. The molecule has 1 aromatic rings. The highest BCUT2D eigenvalue weighted by Crippen LogP contribution is 2.08. The summed E-state index contributed by atoms with van der Waals surface area (Å²) in [5.41, 5.74) is 11.7. The number of aryl methyl sites for hydroxylation is 1. The number of urea groups is 1. The standard InChI is InChI=1S/C11H17N5O2/c1-2-8-5-7(6-9(12)16-8)10(17)14-3-4-15-11(13)18/h5-6H,2-4H2,1H3,(H2,12,16)(H,14,17)(H3,13,15,18). The Balaban J connectivity index is 2.55. The Morgan fingerprint density at radius 2 is 1.94 bits per heavy atom. The van der Waals surface area contributed by atoms with E-state index in [1.807, 2.05) is 6.92 Å². The molecule has 0 fully saturated rings. The molecule has 1 rings (SSSR count). The maximum atomic E-state index is 11.8. The fourth-order valence-electron chi connectivity index (χ4n) is 1.39. The average Bonchev–Trinajstić information content (AvgIpc) is 2.33. The zero-order valence-corrected chi connectivity index (χ0v) is 10.2. The number of hydrogen-bond donors (Lipinski definition) is 4. The third-order valence-corrected chi connectivity index (χ3v) is 2.23. The van der Waals surface area contributed by atoms with Gasteiger partial charge < -0.3 is 22.1 Å². The van der Waals surface area contributed by atoms with Crippen molar-refractivity contribution in [3.63, 3.8) is 0 Å². The molecule has 0 saturated carbocycles. The summed E-state index contributed by atoms with van der Waals surface area (Å²) >= 11 is 0. The number of nitrogen functional groups attached to an aromatic ring is 1. The lowest BCUT2D eigenvalue weighted by atomic mass is 10.2. The van der Waals surface area contributed by atoms with Gasteiger partial charge in [-0.1, -0.05) is 6.92 Å². The van der Waals surface area contributed by atoms with E-state index in [1.165, 1.54) is 6.07 Å². The van der Waals surface area contributed by atoms with Crippen LogP contribution in [0.1, 0.15) is 23.0 Å². The number of primary amides is 1. The van der Waals surface area contributed by atoms with Crippen molar-refractivity contribution in [3.05, 3.63) is 23.4 Å². The van der Waals surface area contributed by atoms with Crippen LogP contribution in [0.15, 0.2) is 12.1 Å². The van der Waals surface area contributed by atoms with Crippen molar-refractivity contribution in [3.8, 4) is 0 Å². The van der Waals surface area contributed by atoms with Gasteiger partial charge in [-0.25, -0.2) is 9.78 Å². The maximum Gasteiger partial charge on any atom is 0.312 e. The SMILES string of the molecule is CCc1cc(C(=O)NCCNC(N)=O)cc(N)n1. The molecule has 0 aromatic carbocycles. The lowest BCUT2D eigenvalue weighted by Crippen LogP contribution is -2.37. The summed E-state index contributed by atoms with van der Waals surface area (Å²) in [6.07, 6.45) is 0.703. The zero-order valence-electron chi connectivity index (χ0n) is 10.2. The molecule has 0 atom stereocenters. The van der Waals surface area contributed by atoms with Gasteiger partial charge in [0.2, 0.25) is 0 Å². The highest BCUT2D eigenvalue weighted by molar-refractivity contribution is 5.94. The van der Waals surface area contributed by atoms with E-state index in [0.29, 0.717) is 24.3 Å². The number of nitrogens with one attached hydrogen (secondary N) is 2. The Hall–Kier alpha value is -2.31. The van der Waals surface area contributed by atoms with Crippen LogP contribution in [0.4, 0.5) is 10.6 Å². The largest absolute Gasteiger partial charge is 0.384 e. The average molecular weight is 251 g/mol. The molecule has 0 radical (unpaired) electrons. The predicted molar refractivity (Wildman–Crippen MR) is 67.9 cm³/mol. The molecule has 0 saturated heterocycles. The van der Waals surface area contributed by atoms with Crippen LogP contribution in [-0.4, -0.2) is 30.0 Å². The molecule has 1 heterocycles. The summed E-state index contributed by atoms with van der Waals surface area (Å²) in [5.74, 6) is 0.0554. The van der Waals surface area contributed by atoms with Crippen LogP contribution in [0.3, 0.4) is 0 Å². The molecule has 7 nitrogen and oxygen atoms in total. The lowest BCUT2D eigenvalue weighted by molar-refractivity contribution is 0.0953. The maximum absolute atomic E-state index is 11.8. The highest BCUT2D eigenvalue weighted by Gasteiger charge is 2.07. The van der Waals surface area contributed by atoms with Crippen molar-refractivity contribution < 1.29 is 9.59 Å². The first-order valence-corrected chi connectivity index (χ1v) is 5.61. The van der Waals surface area contributed by atoms with Crippen molar-refractivity contribution in [2.75, 3.05) is 18.8 Å². The summed E-state index contributed by atoms with van der Waals surface area (Å²) < 4.78 is 0.